The van der Waals surface area contributed by atoms with Gasteiger partial charge in [0, 0.05) is 36.1 Å². The topological polar surface area (TPSA) is 34.4 Å². The van der Waals surface area contributed by atoms with E-state index in [1.165, 1.54) is 22.5 Å². The minimum absolute atomic E-state index is 0.121. The number of rotatable bonds is 5. The van der Waals surface area contributed by atoms with Crippen LogP contribution in [-0.4, -0.2) is 16.8 Å². The van der Waals surface area contributed by atoms with E-state index in [9.17, 15) is 4.79 Å². The Bertz CT molecular complexity index is 744. The first-order valence-corrected chi connectivity index (χ1v) is 8.60. The van der Waals surface area contributed by atoms with Gasteiger partial charge in [0.05, 0.1) is 0 Å². The molecule has 0 unspecified atom stereocenters. The van der Waals surface area contributed by atoms with E-state index < -0.39 is 0 Å². The lowest BCUT2D eigenvalue weighted by Gasteiger charge is -2.22. The van der Waals surface area contributed by atoms with Gasteiger partial charge in [-0.25, -0.2) is 0 Å². The van der Waals surface area contributed by atoms with Gasteiger partial charge in [-0.05, 0) is 43.7 Å². The van der Waals surface area contributed by atoms with E-state index >= 15 is 0 Å². The molecular formula is C20H24N2O. The van der Waals surface area contributed by atoms with E-state index in [2.05, 4.69) is 31.2 Å². The molecule has 120 valence electrons. The smallest absolute Gasteiger partial charge is 0.250 e. The minimum atomic E-state index is 0.121. The zero-order valence-electron chi connectivity index (χ0n) is 13.8. The van der Waals surface area contributed by atoms with E-state index in [-0.39, 0.29) is 5.56 Å². The SMILES string of the molecule is CCCn1c2c(ccc1=O)C(=NCCc1ccccc1)CCC2. The number of aromatic nitrogens is 1. The highest BCUT2D eigenvalue weighted by Gasteiger charge is 2.18. The Hall–Kier alpha value is -2.16. The fourth-order valence-corrected chi connectivity index (χ4v) is 3.31. The van der Waals surface area contributed by atoms with Crippen LogP contribution in [0.15, 0.2) is 52.3 Å². The van der Waals surface area contributed by atoms with Crippen LogP contribution in [0, 0.1) is 0 Å². The minimum Gasteiger partial charge on any atom is -0.312 e. The van der Waals surface area contributed by atoms with Gasteiger partial charge in [-0.1, -0.05) is 37.3 Å². The molecule has 1 heterocycles. The largest absolute Gasteiger partial charge is 0.312 e. The van der Waals surface area contributed by atoms with Crippen LogP contribution < -0.4 is 5.56 Å². The van der Waals surface area contributed by atoms with Crippen molar-refractivity contribution in [2.24, 2.45) is 4.99 Å². The molecule has 1 aromatic heterocycles. The zero-order chi connectivity index (χ0) is 16.1. The van der Waals surface area contributed by atoms with Crippen molar-refractivity contribution >= 4 is 5.71 Å². The number of aliphatic imine (C=N–C) groups is 1. The van der Waals surface area contributed by atoms with Crippen molar-refractivity contribution in [1.29, 1.82) is 0 Å². The highest BCUT2D eigenvalue weighted by atomic mass is 16.1. The normalized spacial score (nSPS) is 15.6. The molecular weight excluding hydrogens is 284 g/mol. The number of benzene rings is 1. The molecule has 0 saturated carbocycles. The van der Waals surface area contributed by atoms with Crippen LogP contribution >= 0.6 is 0 Å². The van der Waals surface area contributed by atoms with Gasteiger partial charge in [0.25, 0.3) is 5.56 Å². The van der Waals surface area contributed by atoms with Crippen molar-refractivity contribution in [3.8, 4) is 0 Å². The molecule has 0 radical (unpaired) electrons. The summed E-state index contributed by atoms with van der Waals surface area (Å²) in [6, 6.07) is 14.2. The summed E-state index contributed by atoms with van der Waals surface area (Å²) < 4.78 is 1.95. The zero-order valence-corrected chi connectivity index (χ0v) is 13.8. The fourth-order valence-electron chi connectivity index (χ4n) is 3.31. The quantitative estimate of drug-likeness (QED) is 0.830. The van der Waals surface area contributed by atoms with E-state index in [0.29, 0.717) is 0 Å². The molecule has 0 aliphatic heterocycles. The number of nitrogens with zero attached hydrogens (tertiary/aromatic N) is 2. The summed E-state index contributed by atoms with van der Waals surface area (Å²) in [5.41, 5.74) is 4.99. The van der Waals surface area contributed by atoms with Gasteiger partial charge in [-0.2, -0.15) is 0 Å². The molecule has 3 rings (SSSR count). The summed E-state index contributed by atoms with van der Waals surface area (Å²) in [6.45, 7) is 3.73. The molecule has 0 spiro atoms. The summed E-state index contributed by atoms with van der Waals surface area (Å²) in [5.74, 6) is 0. The summed E-state index contributed by atoms with van der Waals surface area (Å²) >= 11 is 0. The predicted molar refractivity (Wildman–Crippen MR) is 95.5 cm³/mol. The third kappa shape index (κ3) is 3.61. The van der Waals surface area contributed by atoms with Gasteiger partial charge in [0.1, 0.15) is 0 Å². The lowest BCUT2D eigenvalue weighted by molar-refractivity contribution is 0.602. The maximum Gasteiger partial charge on any atom is 0.250 e. The third-order valence-electron chi connectivity index (χ3n) is 4.43. The van der Waals surface area contributed by atoms with Gasteiger partial charge in [0.15, 0.2) is 0 Å². The monoisotopic (exact) mass is 308 g/mol. The van der Waals surface area contributed by atoms with E-state index in [0.717, 1.165) is 45.2 Å². The molecule has 3 nitrogen and oxygen atoms in total. The van der Waals surface area contributed by atoms with Crippen LogP contribution in [-0.2, 0) is 19.4 Å². The second-order valence-electron chi connectivity index (χ2n) is 6.10. The second-order valence-corrected chi connectivity index (χ2v) is 6.10. The third-order valence-corrected chi connectivity index (χ3v) is 4.43. The van der Waals surface area contributed by atoms with Crippen molar-refractivity contribution < 1.29 is 0 Å². The van der Waals surface area contributed by atoms with Crippen molar-refractivity contribution in [3.05, 3.63) is 69.6 Å². The molecule has 1 aromatic carbocycles. The van der Waals surface area contributed by atoms with Crippen molar-refractivity contribution in [1.82, 2.24) is 4.57 Å². The van der Waals surface area contributed by atoms with Crippen molar-refractivity contribution in [2.45, 2.75) is 45.6 Å². The Morgan fingerprint density at radius 1 is 1.09 bits per heavy atom. The van der Waals surface area contributed by atoms with Crippen molar-refractivity contribution in [3.63, 3.8) is 0 Å². The predicted octanol–water partition coefficient (Wildman–Crippen LogP) is 3.63. The average molecular weight is 308 g/mol. The Balaban J connectivity index is 1.82. The van der Waals surface area contributed by atoms with Gasteiger partial charge in [-0.3, -0.25) is 9.79 Å². The first kappa shape index (κ1) is 15.7. The molecule has 1 aliphatic carbocycles. The first-order chi connectivity index (χ1) is 11.3. The summed E-state index contributed by atoms with van der Waals surface area (Å²) in [5, 5.41) is 0. The molecule has 0 atom stereocenters. The van der Waals surface area contributed by atoms with Gasteiger partial charge < -0.3 is 4.57 Å². The molecule has 0 saturated heterocycles. The Morgan fingerprint density at radius 2 is 1.91 bits per heavy atom. The Labute approximate surface area is 137 Å². The maximum atomic E-state index is 12.1. The van der Waals surface area contributed by atoms with Crippen LogP contribution in [0.25, 0.3) is 0 Å². The van der Waals surface area contributed by atoms with Crippen LogP contribution in [0.4, 0.5) is 0 Å². The van der Waals surface area contributed by atoms with E-state index in [1.807, 2.05) is 16.7 Å². The highest BCUT2D eigenvalue weighted by molar-refractivity contribution is 6.02. The number of hydrogen-bond donors (Lipinski definition) is 0. The van der Waals surface area contributed by atoms with E-state index in [1.54, 1.807) is 6.07 Å². The summed E-state index contributed by atoms with van der Waals surface area (Å²) in [6.07, 6.45) is 5.05. The van der Waals surface area contributed by atoms with E-state index in [4.69, 9.17) is 4.99 Å². The average Bonchev–Trinajstić information content (AvgIpc) is 2.58. The van der Waals surface area contributed by atoms with Crippen LogP contribution in [0.2, 0.25) is 0 Å². The summed E-state index contributed by atoms with van der Waals surface area (Å²) in [7, 11) is 0. The summed E-state index contributed by atoms with van der Waals surface area (Å²) in [4.78, 5) is 17.0. The van der Waals surface area contributed by atoms with Crippen LogP contribution in [0.5, 0.6) is 0 Å². The van der Waals surface area contributed by atoms with Crippen molar-refractivity contribution in [2.75, 3.05) is 6.54 Å². The van der Waals surface area contributed by atoms with Gasteiger partial charge in [-0.15, -0.1) is 0 Å². The Morgan fingerprint density at radius 3 is 2.70 bits per heavy atom. The second kappa shape index (κ2) is 7.40. The van der Waals surface area contributed by atoms with Crippen LogP contribution in [0.1, 0.15) is 43.0 Å². The molecule has 3 heteroatoms. The maximum absolute atomic E-state index is 12.1. The molecule has 0 amide bonds. The standard InChI is InChI=1S/C20H24N2O/c1-2-15-22-19-10-6-9-18(17(19)11-12-20(22)23)21-14-13-16-7-4-3-5-8-16/h3-5,7-8,11-12H,2,6,9-10,13-15H2,1H3. The lowest BCUT2D eigenvalue weighted by atomic mass is 9.93. The molecule has 1 aliphatic rings. The molecule has 0 fully saturated rings. The molecule has 23 heavy (non-hydrogen) atoms. The first-order valence-electron chi connectivity index (χ1n) is 8.60. The molecule has 0 N–H and O–H groups in total. The lowest BCUT2D eigenvalue weighted by Crippen LogP contribution is -2.28. The number of fused-ring (bicyclic) bond motifs is 1. The van der Waals surface area contributed by atoms with Crippen LogP contribution in [0.3, 0.4) is 0 Å². The Kier molecular flexibility index (Phi) is 5.06. The van der Waals surface area contributed by atoms with Gasteiger partial charge >= 0.3 is 0 Å². The highest BCUT2D eigenvalue weighted by Crippen LogP contribution is 2.21. The number of hydrogen-bond acceptors (Lipinski definition) is 2. The molecule has 0 bridgehead atoms. The van der Waals surface area contributed by atoms with Gasteiger partial charge in [0.2, 0.25) is 0 Å². The molecule has 2 aromatic rings. The number of pyridine rings is 1. The fraction of sp³-hybridized carbons (Fsp3) is 0.400.